The second-order valence-electron chi connectivity index (χ2n) is 6.67. The maximum atomic E-state index is 5.53. The van der Waals surface area contributed by atoms with Gasteiger partial charge in [-0.3, -0.25) is 0 Å². The lowest BCUT2D eigenvalue weighted by atomic mass is 9.88. The smallest absolute Gasteiger partial charge is 0.231 e. The third kappa shape index (κ3) is 6.04. The van der Waals surface area contributed by atoms with Gasteiger partial charge in [-0.1, -0.05) is 26.3 Å². The minimum Gasteiger partial charge on any atom is -0.454 e. The summed E-state index contributed by atoms with van der Waals surface area (Å²) in [6, 6.07) is 6.41. The highest BCUT2D eigenvalue weighted by Gasteiger charge is 2.18. The predicted octanol–water partition coefficient (Wildman–Crippen LogP) is 3.95. The number of hydrogen-bond acceptors (Lipinski definition) is 4. The molecule has 1 N–H and O–H groups in total. The number of hydrogen-bond donors (Lipinski definition) is 1. The van der Waals surface area contributed by atoms with Crippen molar-refractivity contribution in [1.82, 2.24) is 5.32 Å². The summed E-state index contributed by atoms with van der Waals surface area (Å²) in [5.41, 5.74) is 1.37. The van der Waals surface area contributed by atoms with Crippen molar-refractivity contribution in [2.24, 2.45) is 5.92 Å². The zero-order valence-electron chi connectivity index (χ0n) is 14.8. The van der Waals surface area contributed by atoms with Crippen LogP contribution in [0.2, 0.25) is 0 Å². The van der Waals surface area contributed by atoms with Crippen molar-refractivity contribution in [2.45, 2.75) is 45.4 Å². The Labute approximate surface area is 140 Å². The fourth-order valence-electron chi connectivity index (χ4n) is 2.92. The first-order valence-corrected chi connectivity index (χ1v) is 8.80. The molecule has 0 radical (unpaired) electrons. The molecule has 0 aromatic heterocycles. The number of fused-ring (bicyclic) bond motifs is 1. The molecule has 1 aliphatic heterocycles. The van der Waals surface area contributed by atoms with Gasteiger partial charge < -0.3 is 19.5 Å². The normalized spacial score (nSPS) is 14.4. The van der Waals surface area contributed by atoms with E-state index in [2.05, 4.69) is 31.3 Å². The van der Waals surface area contributed by atoms with E-state index in [1.54, 1.807) is 7.11 Å². The van der Waals surface area contributed by atoms with Crippen LogP contribution < -0.4 is 14.8 Å². The summed E-state index contributed by atoms with van der Waals surface area (Å²) in [5.74, 6) is 3.07. The van der Waals surface area contributed by atoms with E-state index < -0.39 is 0 Å². The first kappa shape index (κ1) is 18.1. The van der Waals surface area contributed by atoms with Crippen molar-refractivity contribution < 1.29 is 14.2 Å². The first-order valence-electron chi connectivity index (χ1n) is 8.80. The summed E-state index contributed by atoms with van der Waals surface area (Å²) >= 11 is 0. The average Bonchev–Trinajstić information content (AvgIpc) is 3.00. The Morgan fingerprint density at radius 3 is 2.70 bits per heavy atom. The van der Waals surface area contributed by atoms with E-state index in [1.165, 1.54) is 18.4 Å². The lowest BCUT2D eigenvalue weighted by Gasteiger charge is -2.19. The fraction of sp³-hybridized carbons (Fsp3) is 0.684. The Hall–Kier alpha value is -1.26. The molecule has 4 heteroatoms. The average molecular weight is 321 g/mol. The van der Waals surface area contributed by atoms with E-state index in [0.29, 0.717) is 12.7 Å². The number of ether oxygens (including phenoxy) is 3. The molecule has 2 rings (SSSR count). The van der Waals surface area contributed by atoms with Gasteiger partial charge in [0, 0.05) is 13.7 Å². The van der Waals surface area contributed by atoms with Gasteiger partial charge in [-0.2, -0.15) is 0 Å². The van der Waals surface area contributed by atoms with Gasteiger partial charge in [0.05, 0.1) is 0 Å². The Morgan fingerprint density at radius 1 is 1.09 bits per heavy atom. The van der Waals surface area contributed by atoms with Gasteiger partial charge in [-0.25, -0.2) is 0 Å². The monoisotopic (exact) mass is 321 g/mol. The van der Waals surface area contributed by atoms with Crippen LogP contribution in [0.5, 0.6) is 11.5 Å². The summed E-state index contributed by atoms with van der Waals surface area (Å²) in [6.45, 7) is 7.81. The highest BCUT2D eigenvalue weighted by Crippen LogP contribution is 2.36. The molecule has 0 fully saturated rings. The Morgan fingerprint density at radius 2 is 1.91 bits per heavy atom. The first-order chi connectivity index (χ1) is 11.2. The molecule has 0 amide bonds. The van der Waals surface area contributed by atoms with Crippen LogP contribution in [-0.2, 0) is 4.74 Å². The second kappa shape index (κ2) is 9.78. The summed E-state index contributed by atoms with van der Waals surface area (Å²) in [4.78, 5) is 0. The Balaban J connectivity index is 1.88. The summed E-state index contributed by atoms with van der Waals surface area (Å²) < 4.78 is 16.0. The van der Waals surface area contributed by atoms with Crippen LogP contribution in [0.25, 0.3) is 0 Å². The number of rotatable bonds is 11. The highest BCUT2D eigenvalue weighted by atomic mass is 16.7. The van der Waals surface area contributed by atoms with Crippen molar-refractivity contribution in [3.8, 4) is 11.5 Å². The maximum absolute atomic E-state index is 5.53. The van der Waals surface area contributed by atoms with Crippen molar-refractivity contribution in [1.29, 1.82) is 0 Å². The van der Waals surface area contributed by atoms with Crippen LogP contribution in [0.4, 0.5) is 0 Å². The molecule has 0 saturated carbocycles. The third-order valence-corrected chi connectivity index (χ3v) is 4.33. The molecule has 0 spiro atoms. The molecule has 1 heterocycles. The number of nitrogens with one attached hydrogen (secondary N) is 1. The molecular weight excluding hydrogens is 290 g/mol. The topological polar surface area (TPSA) is 39.7 Å². The van der Waals surface area contributed by atoms with Gasteiger partial charge in [-0.05, 0) is 61.9 Å². The van der Waals surface area contributed by atoms with Gasteiger partial charge in [-0.15, -0.1) is 0 Å². The van der Waals surface area contributed by atoms with Crippen LogP contribution in [-0.4, -0.2) is 33.6 Å². The molecule has 23 heavy (non-hydrogen) atoms. The molecule has 1 aliphatic rings. The van der Waals surface area contributed by atoms with Gasteiger partial charge in [0.1, 0.15) is 0 Å². The molecule has 4 nitrogen and oxygen atoms in total. The van der Waals surface area contributed by atoms with Crippen molar-refractivity contribution >= 4 is 0 Å². The number of benzene rings is 1. The van der Waals surface area contributed by atoms with E-state index in [4.69, 9.17) is 14.2 Å². The summed E-state index contributed by atoms with van der Waals surface area (Å²) in [7, 11) is 1.75. The molecule has 1 atom stereocenters. The molecule has 0 unspecified atom stereocenters. The van der Waals surface area contributed by atoms with E-state index in [-0.39, 0.29) is 0 Å². The maximum Gasteiger partial charge on any atom is 0.231 e. The molecule has 0 aliphatic carbocycles. The van der Waals surface area contributed by atoms with Crippen LogP contribution >= 0.6 is 0 Å². The molecular formula is C19H31NO3. The van der Waals surface area contributed by atoms with Crippen molar-refractivity contribution in [3.63, 3.8) is 0 Å². The van der Waals surface area contributed by atoms with Crippen molar-refractivity contribution in [3.05, 3.63) is 23.8 Å². The molecule has 1 aromatic rings. The van der Waals surface area contributed by atoms with Crippen LogP contribution in [0.1, 0.15) is 51.0 Å². The van der Waals surface area contributed by atoms with E-state index >= 15 is 0 Å². The summed E-state index contributed by atoms with van der Waals surface area (Å²) in [5, 5.41) is 3.52. The Kier molecular flexibility index (Phi) is 7.69. The van der Waals surface area contributed by atoms with Crippen LogP contribution in [0.3, 0.4) is 0 Å². The SMILES string of the molecule is COCCCNCC[C@H](CCC(C)C)c1ccc2c(c1)OCO2. The minimum absolute atomic E-state index is 0.344. The van der Waals surface area contributed by atoms with Gasteiger partial charge >= 0.3 is 0 Å². The Bertz CT molecular complexity index is 462. The quantitative estimate of drug-likeness (QED) is 0.626. The summed E-state index contributed by atoms with van der Waals surface area (Å²) in [6.07, 6.45) is 4.69. The molecule has 1 aromatic carbocycles. The molecule has 0 bridgehead atoms. The molecule has 130 valence electrons. The van der Waals surface area contributed by atoms with Gasteiger partial charge in [0.25, 0.3) is 0 Å². The fourth-order valence-corrected chi connectivity index (χ4v) is 2.92. The number of methoxy groups -OCH3 is 1. The largest absolute Gasteiger partial charge is 0.454 e. The van der Waals surface area contributed by atoms with E-state index in [9.17, 15) is 0 Å². The van der Waals surface area contributed by atoms with Gasteiger partial charge in [0.2, 0.25) is 6.79 Å². The molecule has 0 saturated heterocycles. The lowest BCUT2D eigenvalue weighted by molar-refractivity contribution is 0.174. The standard InChI is InChI=1S/C19H31NO3/c1-15(2)5-6-16(9-11-20-10-4-12-21-3)17-7-8-18-19(13-17)23-14-22-18/h7-8,13,15-16,20H,4-6,9-12,14H2,1-3H3/t16-/m0/s1. The predicted molar refractivity (Wildman–Crippen MR) is 93.4 cm³/mol. The minimum atomic E-state index is 0.344. The second-order valence-corrected chi connectivity index (χ2v) is 6.67. The zero-order valence-corrected chi connectivity index (χ0v) is 14.8. The van der Waals surface area contributed by atoms with E-state index in [1.807, 2.05) is 6.07 Å². The highest BCUT2D eigenvalue weighted by molar-refractivity contribution is 5.45. The van der Waals surface area contributed by atoms with Gasteiger partial charge in [0.15, 0.2) is 11.5 Å². The van der Waals surface area contributed by atoms with Crippen LogP contribution in [0.15, 0.2) is 18.2 Å². The van der Waals surface area contributed by atoms with Crippen LogP contribution in [0, 0.1) is 5.92 Å². The van der Waals surface area contributed by atoms with E-state index in [0.717, 1.165) is 50.0 Å². The van der Waals surface area contributed by atoms with Crippen molar-refractivity contribution in [2.75, 3.05) is 33.6 Å². The zero-order chi connectivity index (χ0) is 16.5. The third-order valence-electron chi connectivity index (χ3n) is 4.33. The lowest BCUT2D eigenvalue weighted by Crippen LogP contribution is -2.20.